The number of benzene rings is 1. The van der Waals surface area contributed by atoms with Crippen molar-refractivity contribution >= 4 is 22.9 Å². The van der Waals surface area contributed by atoms with Crippen LogP contribution < -0.4 is 10.6 Å². The van der Waals surface area contributed by atoms with Gasteiger partial charge in [-0.1, -0.05) is 33.8 Å². The van der Waals surface area contributed by atoms with Gasteiger partial charge in [0.2, 0.25) is 0 Å². The fourth-order valence-electron chi connectivity index (χ4n) is 3.90. The lowest BCUT2D eigenvalue weighted by molar-refractivity contribution is -0.117. The standard InChI is InChI=1S/C22H28N2O2/c1-21(2)11-17(9-19(25)13-21)23-15-6-5-7-16(8-15)24-18-10-20(26)14-22(3,4)12-18/h5-10,23-24H,11-14H2,1-4H3. The maximum Gasteiger partial charge on any atom is 0.157 e. The molecule has 0 aliphatic heterocycles. The first kappa shape index (κ1) is 18.4. The van der Waals surface area contributed by atoms with Gasteiger partial charge in [-0.15, -0.1) is 0 Å². The van der Waals surface area contributed by atoms with E-state index in [0.717, 1.165) is 35.6 Å². The minimum absolute atomic E-state index is 0.0110. The second-order valence-electron chi connectivity index (χ2n) is 9.14. The number of nitrogens with one attached hydrogen (secondary N) is 2. The maximum atomic E-state index is 11.9. The molecule has 0 fully saturated rings. The third kappa shape index (κ3) is 4.84. The van der Waals surface area contributed by atoms with Crippen LogP contribution in [0.5, 0.6) is 0 Å². The zero-order valence-electron chi connectivity index (χ0n) is 16.1. The van der Waals surface area contributed by atoms with E-state index in [2.05, 4.69) is 38.3 Å². The summed E-state index contributed by atoms with van der Waals surface area (Å²) >= 11 is 0. The van der Waals surface area contributed by atoms with Gasteiger partial charge in [0, 0.05) is 47.8 Å². The zero-order valence-corrected chi connectivity index (χ0v) is 16.1. The molecule has 0 aromatic heterocycles. The maximum absolute atomic E-state index is 11.9. The first-order valence-electron chi connectivity index (χ1n) is 9.21. The number of hydrogen-bond acceptors (Lipinski definition) is 4. The van der Waals surface area contributed by atoms with Crippen molar-refractivity contribution in [1.29, 1.82) is 0 Å². The molecule has 2 N–H and O–H groups in total. The Bertz CT molecular complexity index is 737. The summed E-state index contributed by atoms with van der Waals surface area (Å²) < 4.78 is 0. The van der Waals surface area contributed by atoms with E-state index in [1.165, 1.54) is 0 Å². The van der Waals surface area contributed by atoms with E-state index in [0.29, 0.717) is 12.8 Å². The average Bonchev–Trinajstić information content (AvgIpc) is 2.42. The predicted octanol–water partition coefficient (Wildman–Crippen LogP) is 5.06. The number of carbonyl (C=O) groups excluding carboxylic acids is 2. The molecule has 138 valence electrons. The van der Waals surface area contributed by atoms with Gasteiger partial charge >= 0.3 is 0 Å². The molecule has 0 bridgehead atoms. The van der Waals surface area contributed by atoms with Crippen LogP contribution in [0.25, 0.3) is 0 Å². The Balaban J connectivity index is 1.73. The molecule has 0 unspecified atom stereocenters. The highest BCUT2D eigenvalue weighted by Crippen LogP contribution is 2.35. The second-order valence-corrected chi connectivity index (χ2v) is 9.14. The summed E-state index contributed by atoms with van der Waals surface area (Å²) in [4.78, 5) is 23.9. The first-order valence-corrected chi connectivity index (χ1v) is 9.21. The first-order chi connectivity index (χ1) is 12.1. The molecular weight excluding hydrogens is 324 g/mol. The van der Waals surface area contributed by atoms with Gasteiger partial charge in [0.15, 0.2) is 11.6 Å². The van der Waals surface area contributed by atoms with E-state index in [9.17, 15) is 9.59 Å². The van der Waals surface area contributed by atoms with Gasteiger partial charge in [-0.3, -0.25) is 9.59 Å². The molecule has 0 spiro atoms. The van der Waals surface area contributed by atoms with E-state index in [1.54, 1.807) is 12.2 Å². The molecule has 0 heterocycles. The molecule has 1 aromatic rings. The molecule has 4 nitrogen and oxygen atoms in total. The van der Waals surface area contributed by atoms with Crippen LogP contribution in [0.2, 0.25) is 0 Å². The Hall–Kier alpha value is -2.36. The van der Waals surface area contributed by atoms with Crippen molar-refractivity contribution in [2.75, 3.05) is 10.6 Å². The molecule has 0 saturated carbocycles. The SMILES string of the molecule is CC1(C)CC(=O)C=C(Nc2cccc(NC3=CC(=O)CC(C)(C)C3)c2)C1. The number of ketones is 2. The summed E-state index contributed by atoms with van der Waals surface area (Å²) in [5, 5.41) is 6.77. The molecule has 4 heteroatoms. The third-order valence-electron chi connectivity index (χ3n) is 4.79. The van der Waals surface area contributed by atoms with Crippen LogP contribution >= 0.6 is 0 Å². The molecular formula is C22H28N2O2. The van der Waals surface area contributed by atoms with Crippen LogP contribution in [-0.2, 0) is 9.59 Å². The third-order valence-corrected chi connectivity index (χ3v) is 4.79. The monoisotopic (exact) mass is 352 g/mol. The van der Waals surface area contributed by atoms with Crippen molar-refractivity contribution in [3.63, 3.8) is 0 Å². The zero-order chi connectivity index (χ0) is 18.9. The van der Waals surface area contributed by atoms with Crippen LogP contribution in [0.15, 0.2) is 47.8 Å². The van der Waals surface area contributed by atoms with E-state index >= 15 is 0 Å². The fourth-order valence-corrected chi connectivity index (χ4v) is 3.90. The van der Waals surface area contributed by atoms with Crippen molar-refractivity contribution < 1.29 is 9.59 Å². The summed E-state index contributed by atoms with van der Waals surface area (Å²) in [6, 6.07) is 7.96. The lowest BCUT2D eigenvalue weighted by Crippen LogP contribution is -2.24. The van der Waals surface area contributed by atoms with E-state index in [1.807, 2.05) is 24.3 Å². The Labute approximate surface area is 155 Å². The highest BCUT2D eigenvalue weighted by Gasteiger charge is 2.28. The summed E-state index contributed by atoms with van der Waals surface area (Å²) in [5.41, 5.74) is 3.77. The fraction of sp³-hybridized carbons (Fsp3) is 0.455. The van der Waals surface area contributed by atoms with Crippen LogP contribution in [0.3, 0.4) is 0 Å². The molecule has 3 rings (SSSR count). The van der Waals surface area contributed by atoms with Crippen LogP contribution in [0.1, 0.15) is 53.4 Å². The highest BCUT2D eigenvalue weighted by atomic mass is 16.1. The van der Waals surface area contributed by atoms with Gasteiger partial charge in [0.25, 0.3) is 0 Å². The Morgan fingerprint density at radius 2 is 1.15 bits per heavy atom. The highest BCUT2D eigenvalue weighted by molar-refractivity contribution is 5.93. The minimum atomic E-state index is -0.0110. The lowest BCUT2D eigenvalue weighted by Gasteiger charge is -2.30. The van der Waals surface area contributed by atoms with Crippen LogP contribution in [0.4, 0.5) is 11.4 Å². The molecule has 0 amide bonds. The van der Waals surface area contributed by atoms with Crippen molar-refractivity contribution in [2.45, 2.75) is 53.4 Å². The van der Waals surface area contributed by atoms with E-state index < -0.39 is 0 Å². The Morgan fingerprint density at radius 3 is 1.54 bits per heavy atom. The molecule has 0 saturated heterocycles. The number of allylic oxidation sites excluding steroid dienone is 4. The Kier molecular flexibility index (Phi) is 4.78. The number of carbonyl (C=O) groups is 2. The number of anilines is 2. The summed E-state index contributed by atoms with van der Waals surface area (Å²) in [7, 11) is 0. The summed E-state index contributed by atoms with van der Waals surface area (Å²) in [6.07, 6.45) is 6.33. The van der Waals surface area contributed by atoms with E-state index in [-0.39, 0.29) is 22.4 Å². The molecule has 0 radical (unpaired) electrons. The largest absolute Gasteiger partial charge is 0.359 e. The number of rotatable bonds is 4. The predicted molar refractivity (Wildman–Crippen MR) is 106 cm³/mol. The van der Waals surface area contributed by atoms with Crippen LogP contribution in [0, 0.1) is 10.8 Å². The van der Waals surface area contributed by atoms with Crippen LogP contribution in [-0.4, -0.2) is 11.6 Å². The smallest absolute Gasteiger partial charge is 0.157 e. The van der Waals surface area contributed by atoms with Crippen molar-refractivity contribution in [3.8, 4) is 0 Å². The van der Waals surface area contributed by atoms with Gasteiger partial charge < -0.3 is 10.6 Å². The summed E-state index contributed by atoms with van der Waals surface area (Å²) in [6.45, 7) is 8.47. The van der Waals surface area contributed by atoms with Gasteiger partial charge in [0.1, 0.15) is 0 Å². The molecule has 1 aromatic carbocycles. The minimum Gasteiger partial charge on any atom is -0.359 e. The average molecular weight is 352 g/mol. The normalized spacial score (nSPS) is 21.7. The summed E-state index contributed by atoms with van der Waals surface area (Å²) in [5.74, 6) is 0.345. The topological polar surface area (TPSA) is 58.2 Å². The van der Waals surface area contributed by atoms with Gasteiger partial charge in [-0.05, 0) is 41.9 Å². The number of hydrogen-bond donors (Lipinski definition) is 2. The molecule has 2 aliphatic carbocycles. The molecule has 0 atom stereocenters. The van der Waals surface area contributed by atoms with Crippen molar-refractivity contribution in [3.05, 3.63) is 47.8 Å². The molecule has 2 aliphatic rings. The van der Waals surface area contributed by atoms with Gasteiger partial charge in [0.05, 0.1) is 0 Å². The quantitative estimate of drug-likeness (QED) is 0.795. The second kappa shape index (κ2) is 6.75. The lowest BCUT2D eigenvalue weighted by atomic mass is 9.79. The van der Waals surface area contributed by atoms with Gasteiger partial charge in [-0.2, -0.15) is 0 Å². The van der Waals surface area contributed by atoms with Gasteiger partial charge in [-0.25, -0.2) is 0 Å². The van der Waals surface area contributed by atoms with Crippen molar-refractivity contribution in [2.24, 2.45) is 10.8 Å². The molecule has 26 heavy (non-hydrogen) atoms. The van der Waals surface area contributed by atoms with Crippen molar-refractivity contribution in [1.82, 2.24) is 0 Å². The Morgan fingerprint density at radius 1 is 0.731 bits per heavy atom. The van der Waals surface area contributed by atoms with E-state index in [4.69, 9.17) is 0 Å².